The molecule has 0 aliphatic carbocycles. The van der Waals surface area contributed by atoms with Crippen molar-refractivity contribution in [3.63, 3.8) is 0 Å². The maximum atomic E-state index is 10.9. The maximum Gasteiger partial charge on any atom is 0.133 e. The first-order valence-electron chi connectivity index (χ1n) is 5.97. The molecule has 0 unspecified atom stereocenters. The lowest BCUT2D eigenvalue weighted by Gasteiger charge is -2.21. The number of ketones is 1. The number of methoxy groups -OCH3 is 1. The lowest BCUT2D eigenvalue weighted by molar-refractivity contribution is -0.116. The molecule has 94 valence electrons. The van der Waals surface area contributed by atoms with Gasteiger partial charge in [-0.05, 0) is 26.3 Å². The van der Waals surface area contributed by atoms with Gasteiger partial charge in [-0.25, -0.2) is 0 Å². The molecule has 3 heteroatoms. The van der Waals surface area contributed by atoms with E-state index in [-0.39, 0.29) is 5.78 Å². The summed E-state index contributed by atoms with van der Waals surface area (Å²) in [6.07, 6.45) is 2.57. The van der Waals surface area contributed by atoms with E-state index in [9.17, 15) is 4.79 Å². The third kappa shape index (κ3) is 8.62. The van der Waals surface area contributed by atoms with Crippen LogP contribution in [0.25, 0.3) is 0 Å². The average Bonchev–Trinajstić information content (AvgIpc) is 2.21. The molecule has 0 saturated carbocycles. The molecule has 0 rings (SSSR count). The van der Waals surface area contributed by atoms with Gasteiger partial charge < -0.3 is 9.64 Å². The molecular weight excluding hydrogens is 202 g/mol. The van der Waals surface area contributed by atoms with Crippen molar-refractivity contribution in [2.24, 2.45) is 0 Å². The van der Waals surface area contributed by atoms with Crippen molar-refractivity contribution in [2.45, 2.75) is 33.1 Å². The molecule has 0 amide bonds. The number of Topliss-reactive ketones (excluding diaryl/α,β-unsaturated/α-hetero) is 1. The largest absolute Gasteiger partial charge is 0.383 e. The van der Waals surface area contributed by atoms with Gasteiger partial charge in [0.25, 0.3) is 0 Å². The number of nitrogens with zero attached hydrogens (tertiary/aromatic N) is 1. The predicted molar refractivity (Wildman–Crippen MR) is 67.7 cm³/mol. The van der Waals surface area contributed by atoms with Crippen molar-refractivity contribution in [3.05, 3.63) is 12.2 Å². The Kier molecular flexibility index (Phi) is 9.15. The van der Waals surface area contributed by atoms with Crippen LogP contribution in [0.4, 0.5) is 0 Å². The third-order valence-corrected chi connectivity index (χ3v) is 2.43. The molecule has 0 spiro atoms. The summed E-state index contributed by atoms with van der Waals surface area (Å²) in [4.78, 5) is 13.3. The summed E-state index contributed by atoms with van der Waals surface area (Å²) in [6, 6.07) is 0. The van der Waals surface area contributed by atoms with E-state index < -0.39 is 0 Å². The molecule has 0 N–H and O–H groups in total. The topological polar surface area (TPSA) is 29.5 Å². The van der Waals surface area contributed by atoms with E-state index in [0.717, 1.165) is 44.7 Å². The molecule has 0 atom stereocenters. The number of hydrogen-bond acceptors (Lipinski definition) is 3. The average molecular weight is 227 g/mol. The van der Waals surface area contributed by atoms with Crippen LogP contribution in [-0.2, 0) is 9.53 Å². The Morgan fingerprint density at radius 2 is 2.00 bits per heavy atom. The first kappa shape index (κ1) is 15.3. The molecular formula is C13H25NO2. The van der Waals surface area contributed by atoms with Crippen LogP contribution >= 0.6 is 0 Å². The summed E-state index contributed by atoms with van der Waals surface area (Å²) in [5.74, 6) is 0.198. The SMILES string of the molecule is C=C(CCN(CCC)CCOC)CC(C)=O. The first-order valence-corrected chi connectivity index (χ1v) is 5.97. The molecule has 3 nitrogen and oxygen atoms in total. The standard InChI is InChI=1S/C13H25NO2/c1-5-7-14(9-10-16-4)8-6-12(2)11-13(3)15/h2,5-11H2,1,3-4H3. The second kappa shape index (κ2) is 9.55. The van der Waals surface area contributed by atoms with Crippen molar-refractivity contribution in [3.8, 4) is 0 Å². The highest BCUT2D eigenvalue weighted by Gasteiger charge is 2.05. The van der Waals surface area contributed by atoms with Gasteiger partial charge in [0, 0.05) is 26.6 Å². The molecule has 0 aliphatic rings. The van der Waals surface area contributed by atoms with Crippen LogP contribution in [0.5, 0.6) is 0 Å². The number of carbonyl (C=O) groups is 1. The van der Waals surface area contributed by atoms with Gasteiger partial charge in [0.2, 0.25) is 0 Å². The minimum Gasteiger partial charge on any atom is -0.383 e. The van der Waals surface area contributed by atoms with Crippen molar-refractivity contribution in [1.82, 2.24) is 4.90 Å². The van der Waals surface area contributed by atoms with Gasteiger partial charge >= 0.3 is 0 Å². The molecule has 0 aromatic rings. The highest BCUT2D eigenvalue weighted by molar-refractivity contribution is 5.77. The smallest absolute Gasteiger partial charge is 0.133 e. The van der Waals surface area contributed by atoms with E-state index >= 15 is 0 Å². The van der Waals surface area contributed by atoms with Crippen LogP contribution in [0.3, 0.4) is 0 Å². The summed E-state index contributed by atoms with van der Waals surface area (Å²) in [6.45, 7) is 11.5. The Hall–Kier alpha value is -0.670. The lowest BCUT2D eigenvalue weighted by Crippen LogP contribution is -2.29. The summed E-state index contributed by atoms with van der Waals surface area (Å²) >= 11 is 0. The Balaban J connectivity index is 3.81. The van der Waals surface area contributed by atoms with Gasteiger partial charge in [0.05, 0.1) is 6.61 Å². The summed E-state index contributed by atoms with van der Waals surface area (Å²) in [5.41, 5.74) is 1.03. The van der Waals surface area contributed by atoms with Gasteiger partial charge in [-0.15, -0.1) is 0 Å². The Morgan fingerprint density at radius 1 is 1.31 bits per heavy atom. The molecule has 0 saturated heterocycles. The second-order valence-electron chi connectivity index (χ2n) is 4.21. The number of hydrogen-bond donors (Lipinski definition) is 0. The fraction of sp³-hybridized carbons (Fsp3) is 0.769. The highest BCUT2D eigenvalue weighted by atomic mass is 16.5. The molecule has 0 aromatic heterocycles. The van der Waals surface area contributed by atoms with Crippen LogP contribution < -0.4 is 0 Å². The van der Waals surface area contributed by atoms with E-state index in [1.54, 1.807) is 14.0 Å². The van der Waals surface area contributed by atoms with E-state index in [1.165, 1.54) is 0 Å². The Labute approximate surface area is 99.5 Å². The maximum absolute atomic E-state index is 10.9. The Morgan fingerprint density at radius 3 is 2.50 bits per heavy atom. The minimum atomic E-state index is 0.198. The fourth-order valence-electron chi connectivity index (χ4n) is 1.63. The summed E-state index contributed by atoms with van der Waals surface area (Å²) in [7, 11) is 1.72. The van der Waals surface area contributed by atoms with E-state index in [0.29, 0.717) is 6.42 Å². The van der Waals surface area contributed by atoms with Crippen molar-refractivity contribution < 1.29 is 9.53 Å². The predicted octanol–water partition coefficient (Wildman–Crippen LogP) is 2.27. The van der Waals surface area contributed by atoms with Gasteiger partial charge in [0.15, 0.2) is 0 Å². The minimum absolute atomic E-state index is 0.198. The van der Waals surface area contributed by atoms with Gasteiger partial charge in [0.1, 0.15) is 5.78 Å². The zero-order valence-electron chi connectivity index (χ0n) is 10.9. The van der Waals surface area contributed by atoms with E-state index in [2.05, 4.69) is 18.4 Å². The zero-order valence-corrected chi connectivity index (χ0v) is 10.9. The van der Waals surface area contributed by atoms with Gasteiger partial charge in [-0.3, -0.25) is 4.79 Å². The lowest BCUT2D eigenvalue weighted by atomic mass is 10.1. The van der Waals surface area contributed by atoms with Crippen LogP contribution in [0, 0.1) is 0 Å². The fourth-order valence-corrected chi connectivity index (χ4v) is 1.63. The molecule has 0 aliphatic heterocycles. The van der Waals surface area contributed by atoms with Crippen LogP contribution in [0.1, 0.15) is 33.1 Å². The van der Waals surface area contributed by atoms with E-state index in [4.69, 9.17) is 4.74 Å². The Bertz CT molecular complexity index is 214. The summed E-state index contributed by atoms with van der Waals surface area (Å²) < 4.78 is 5.07. The number of carbonyl (C=O) groups excluding carboxylic acids is 1. The van der Waals surface area contributed by atoms with Crippen molar-refractivity contribution in [1.29, 1.82) is 0 Å². The zero-order chi connectivity index (χ0) is 12.4. The van der Waals surface area contributed by atoms with Crippen molar-refractivity contribution >= 4 is 5.78 Å². The molecule has 0 aromatic carbocycles. The second-order valence-corrected chi connectivity index (χ2v) is 4.21. The van der Waals surface area contributed by atoms with E-state index in [1.807, 2.05) is 0 Å². The molecule has 0 bridgehead atoms. The quantitative estimate of drug-likeness (QED) is 0.536. The first-order chi connectivity index (χ1) is 7.60. The highest BCUT2D eigenvalue weighted by Crippen LogP contribution is 2.06. The normalized spacial score (nSPS) is 10.8. The molecule has 0 fully saturated rings. The molecule has 16 heavy (non-hydrogen) atoms. The van der Waals surface area contributed by atoms with Crippen LogP contribution in [0.2, 0.25) is 0 Å². The summed E-state index contributed by atoms with van der Waals surface area (Å²) in [5, 5.41) is 0. The van der Waals surface area contributed by atoms with Crippen LogP contribution in [0.15, 0.2) is 12.2 Å². The van der Waals surface area contributed by atoms with Crippen LogP contribution in [-0.4, -0.2) is 44.0 Å². The van der Waals surface area contributed by atoms with Crippen molar-refractivity contribution in [2.75, 3.05) is 33.4 Å². The monoisotopic (exact) mass is 227 g/mol. The third-order valence-electron chi connectivity index (χ3n) is 2.43. The number of ether oxygens (including phenoxy) is 1. The molecule has 0 heterocycles. The number of rotatable bonds is 10. The molecule has 0 radical (unpaired) electrons. The van der Waals surface area contributed by atoms with Gasteiger partial charge in [-0.1, -0.05) is 19.1 Å². The van der Waals surface area contributed by atoms with Gasteiger partial charge in [-0.2, -0.15) is 0 Å².